The highest BCUT2D eigenvalue weighted by atomic mass is 16.4. The van der Waals surface area contributed by atoms with Crippen LogP contribution < -0.4 is 4.90 Å². The van der Waals surface area contributed by atoms with Gasteiger partial charge >= 0.3 is 0 Å². The van der Waals surface area contributed by atoms with Crippen molar-refractivity contribution in [3.8, 4) is 0 Å². The van der Waals surface area contributed by atoms with Crippen LogP contribution in [-0.4, -0.2) is 48.9 Å². The molecular formula is C14H19N3O2. The molecule has 0 spiro atoms. The van der Waals surface area contributed by atoms with Crippen molar-refractivity contribution in [2.24, 2.45) is 5.16 Å². The molecule has 1 amide bonds. The summed E-state index contributed by atoms with van der Waals surface area (Å²) in [5.74, 6) is 0.124. The summed E-state index contributed by atoms with van der Waals surface area (Å²) >= 11 is 0. The SMILES string of the molecule is CN(C)C(=O)CCN1CCC(=NO)c2ccccc21. The number of nitrogens with zero attached hydrogens (tertiary/aromatic N) is 3. The quantitative estimate of drug-likeness (QED) is 0.663. The molecule has 5 heteroatoms. The second kappa shape index (κ2) is 5.73. The number of amides is 1. The molecule has 5 nitrogen and oxygen atoms in total. The van der Waals surface area contributed by atoms with E-state index in [1.807, 2.05) is 24.3 Å². The second-order valence-electron chi connectivity index (χ2n) is 4.84. The average Bonchev–Trinajstić information content (AvgIpc) is 2.44. The van der Waals surface area contributed by atoms with Gasteiger partial charge in [0.25, 0.3) is 0 Å². The Morgan fingerprint density at radius 2 is 2.16 bits per heavy atom. The fourth-order valence-corrected chi connectivity index (χ4v) is 2.28. The van der Waals surface area contributed by atoms with Gasteiger partial charge in [0.2, 0.25) is 5.91 Å². The van der Waals surface area contributed by atoms with E-state index in [9.17, 15) is 4.79 Å². The first-order valence-corrected chi connectivity index (χ1v) is 6.39. The normalized spacial score (nSPS) is 16.3. The van der Waals surface area contributed by atoms with Crippen molar-refractivity contribution in [2.75, 3.05) is 32.1 Å². The number of hydrogen-bond acceptors (Lipinski definition) is 4. The van der Waals surface area contributed by atoms with Crippen LogP contribution in [0.3, 0.4) is 0 Å². The molecule has 102 valence electrons. The summed E-state index contributed by atoms with van der Waals surface area (Å²) in [7, 11) is 3.53. The van der Waals surface area contributed by atoms with E-state index in [0.29, 0.717) is 25.1 Å². The summed E-state index contributed by atoms with van der Waals surface area (Å²) in [5.41, 5.74) is 2.70. The molecule has 0 bridgehead atoms. The third-order valence-electron chi connectivity index (χ3n) is 3.39. The van der Waals surface area contributed by atoms with Crippen LogP contribution in [0, 0.1) is 0 Å². The molecule has 0 saturated heterocycles. The number of carbonyl (C=O) groups excluding carboxylic acids is 1. The van der Waals surface area contributed by atoms with Crippen molar-refractivity contribution in [3.63, 3.8) is 0 Å². The van der Waals surface area contributed by atoms with Gasteiger partial charge in [0.15, 0.2) is 0 Å². The zero-order valence-corrected chi connectivity index (χ0v) is 11.3. The number of carbonyl (C=O) groups is 1. The van der Waals surface area contributed by atoms with Crippen LogP contribution in [-0.2, 0) is 4.79 Å². The Bertz CT molecular complexity index is 497. The summed E-state index contributed by atoms with van der Waals surface area (Å²) in [6.45, 7) is 1.46. The summed E-state index contributed by atoms with van der Waals surface area (Å²) in [5, 5.41) is 12.4. The van der Waals surface area contributed by atoms with Crippen LogP contribution in [0.1, 0.15) is 18.4 Å². The fraction of sp³-hybridized carbons (Fsp3) is 0.429. The predicted molar refractivity (Wildman–Crippen MR) is 74.9 cm³/mol. The molecule has 0 fully saturated rings. The topological polar surface area (TPSA) is 56.1 Å². The molecule has 0 atom stereocenters. The van der Waals surface area contributed by atoms with E-state index in [1.54, 1.807) is 19.0 Å². The van der Waals surface area contributed by atoms with Gasteiger partial charge < -0.3 is 15.0 Å². The van der Waals surface area contributed by atoms with Crippen molar-refractivity contribution in [1.29, 1.82) is 0 Å². The highest BCUT2D eigenvalue weighted by molar-refractivity contribution is 6.06. The van der Waals surface area contributed by atoms with Crippen LogP contribution in [0.5, 0.6) is 0 Å². The van der Waals surface area contributed by atoms with Gasteiger partial charge in [-0.2, -0.15) is 0 Å². The Hall–Kier alpha value is -2.04. The molecule has 1 heterocycles. The Kier molecular flexibility index (Phi) is 4.04. The molecular weight excluding hydrogens is 242 g/mol. The number of hydrogen-bond donors (Lipinski definition) is 1. The molecule has 0 saturated carbocycles. The minimum atomic E-state index is 0.124. The van der Waals surface area contributed by atoms with Crippen molar-refractivity contribution >= 4 is 17.3 Å². The minimum absolute atomic E-state index is 0.124. The fourth-order valence-electron chi connectivity index (χ4n) is 2.28. The maximum absolute atomic E-state index is 11.7. The lowest BCUT2D eigenvalue weighted by Crippen LogP contribution is -2.35. The van der Waals surface area contributed by atoms with E-state index in [1.165, 1.54) is 0 Å². The van der Waals surface area contributed by atoms with Crippen LogP contribution in [0.25, 0.3) is 0 Å². The molecule has 2 rings (SSSR count). The molecule has 1 aliphatic rings. The summed E-state index contributed by atoms with van der Waals surface area (Å²) < 4.78 is 0. The summed E-state index contributed by atoms with van der Waals surface area (Å²) in [6.07, 6.45) is 1.19. The van der Waals surface area contributed by atoms with Gasteiger partial charge in [-0.15, -0.1) is 0 Å². The molecule has 1 aromatic rings. The molecule has 1 N–H and O–H groups in total. The highest BCUT2D eigenvalue weighted by Gasteiger charge is 2.22. The number of anilines is 1. The van der Waals surface area contributed by atoms with Crippen molar-refractivity contribution in [2.45, 2.75) is 12.8 Å². The predicted octanol–water partition coefficient (Wildman–Crippen LogP) is 1.55. The van der Waals surface area contributed by atoms with E-state index < -0.39 is 0 Å². The molecule has 1 aromatic carbocycles. The zero-order chi connectivity index (χ0) is 13.8. The van der Waals surface area contributed by atoms with Gasteiger partial charge in [0, 0.05) is 51.3 Å². The van der Waals surface area contributed by atoms with Gasteiger partial charge in [0.1, 0.15) is 0 Å². The van der Waals surface area contributed by atoms with Gasteiger partial charge in [0.05, 0.1) is 5.71 Å². The lowest BCUT2D eigenvalue weighted by atomic mass is 9.99. The third kappa shape index (κ3) is 2.86. The molecule has 0 aliphatic carbocycles. The van der Waals surface area contributed by atoms with Crippen molar-refractivity contribution in [3.05, 3.63) is 29.8 Å². The number of para-hydroxylation sites is 1. The maximum atomic E-state index is 11.7. The van der Waals surface area contributed by atoms with E-state index in [4.69, 9.17) is 5.21 Å². The molecule has 0 aromatic heterocycles. The van der Waals surface area contributed by atoms with Gasteiger partial charge in [-0.05, 0) is 6.07 Å². The molecule has 0 unspecified atom stereocenters. The Labute approximate surface area is 113 Å². The number of rotatable bonds is 3. The average molecular weight is 261 g/mol. The first-order valence-electron chi connectivity index (χ1n) is 6.39. The number of benzene rings is 1. The van der Waals surface area contributed by atoms with E-state index in [0.717, 1.165) is 17.8 Å². The Balaban J connectivity index is 2.14. The lowest BCUT2D eigenvalue weighted by Gasteiger charge is -2.31. The lowest BCUT2D eigenvalue weighted by molar-refractivity contribution is -0.128. The maximum Gasteiger partial charge on any atom is 0.223 e. The van der Waals surface area contributed by atoms with Crippen molar-refractivity contribution < 1.29 is 10.0 Å². The number of fused-ring (bicyclic) bond motifs is 1. The number of oxime groups is 1. The first-order chi connectivity index (χ1) is 9.13. The Morgan fingerprint density at radius 1 is 1.42 bits per heavy atom. The molecule has 19 heavy (non-hydrogen) atoms. The highest BCUT2D eigenvalue weighted by Crippen LogP contribution is 2.27. The monoisotopic (exact) mass is 261 g/mol. The van der Waals surface area contributed by atoms with Crippen molar-refractivity contribution in [1.82, 2.24) is 4.90 Å². The molecule has 0 radical (unpaired) electrons. The summed E-state index contributed by atoms with van der Waals surface area (Å²) in [4.78, 5) is 15.4. The Morgan fingerprint density at radius 3 is 2.84 bits per heavy atom. The van der Waals surface area contributed by atoms with Crippen LogP contribution in [0.2, 0.25) is 0 Å². The zero-order valence-electron chi connectivity index (χ0n) is 11.3. The van der Waals surface area contributed by atoms with Gasteiger partial charge in [-0.3, -0.25) is 4.79 Å². The van der Waals surface area contributed by atoms with Crippen LogP contribution in [0.4, 0.5) is 5.69 Å². The largest absolute Gasteiger partial charge is 0.411 e. The van der Waals surface area contributed by atoms with E-state index in [2.05, 4.69) is 10.1 Å². The minimum Gasteiger partial charge on any atom is -0.411 e. The third-order valence-corrected chi connectivity index (χ3v) is 3.39. The molecule has 1 aliphatic heterocycles. The van der Waals surface area contributed by atoms with Gasteiger partial charge in [-0.25, -0.2) is 0 Å². The van der Waals surface area contributed by atoms with Gasteiger partial charge in [-0.1, -0.05) is 23.4 Å². The van der Waals surface area contributed by atoms with E-state index in [-0.39, 0.29) is 5.91 Å². The van der Waals surface area contributed by atoms with E-state index >= 15 is 0 Å². The standard InChI is InChI=1S/C14H19N3O2/c1-16(2)14(18)8-10-17-9-7-12(15-19)11-5-3-4-6-13(11)17/h3-6,19H,7-10H2,1-2H3. The summed E-state index contributed by atoms with van der Waals surface area (Å²) in [6, 6.07) is 7.84. The van der Waals surface area contributed by atoms with Crippen LogP contribution >= 0.6 is 0 Å². The second-order valence-corrected chi connectivity index (χ2v) is 4.84. The van der Waals surface area contributed by atoms with Crippen LogP contribution in [0.15, 0.2) is 29.4 Å². The smallest absolute Gasteiger partial charge is 0.223 e. The first kappa shape index (κ1) is 13.4.